The molecule has 8 nitrogen and oxygen atoms in total. The van der Waals surface area contributed by atoms with Crippen LogP contribution >= 0.6 is 0 Å². The van der Waals surface area contributed by atoms with Gasteiger partial charge < -0.3 is 19.5 Å². The van der Waals surface area contributed by atoms with E-state index in [1.807, 2.05) is 49.4 Å². The van der Waals surface area contributed by atoms with Crippen molar-refractivity contribution in [3.63, 3.8) is 0 Å². The molecule has 2 N–H and O–H groups in total. The van der Waals surface area contributed by atoms with Gasteiger partial charge >= 0.3 is 0 Å². The standard InChI is InChI=1S/C26H24N4O4/c1-15-6-8-19(31)18(11-15)23-22-24(29-28-23)26(32)30(14-16-5-4-10-27-13-16)25(22)17-7-9-20(33-2)21(12-17)34-3/h4-13,25,31H,14H2,1-3H3,(H,28,29)/t25-/m0/s1. The number of pyridine rings is 1. The van der Waals surface area contributed by atoms with Crippen molar-refractivity contribution in [2.24, 2.45) is 0 Å². The smallest absolute Gasteiger partial charge is 0.273 e. The van der Waals surface area contributed by atoms with E-state index in [9.17, 15) is 9.90 Å². The number of amides is 1. The van der Waals surface area contributed by atoms with Gasteiger partial charge in [0.1, 0.15) is 17.1 Å². The molecule has 0 fully saturated rings. The van der Waals surface area contributed by atoms with Crippen molar-refractivity contribution in [1.82, 2.24) is 20.1 Å². The number of aryl methyl sites for hydroxylation is 1. The van der Waals surface area contributed by atoms with Crippen LogP contribution in [0.4, 0.5) is 0 Å². The number of hydrogen-bond acceptors (Lipinski definition) is 6. The second-order valence-corrected chi connectivity index (χ2v) is 8.19. The van der Waals surface area contributed by atoms with Gasteiger partial charge in [0.15, 0.2) is 11.5 Å². The zero-order valence-corrected chi connectivity index (χ0v) is 19.1. The highest BCUT2D eigenvalue weighted by Crippen LogP contribution is 2.46. The summed E-state index contributed by atoms with van der Waals surface area (Å²) in [4.78, 5) is 19.5. The molecule has 0 saturated heterocycles. The van der Waals surface area contributed by atoms with Crippen molar-refractivity contribution in [1.29, 1.82) is 0 Å². The third-order valence-electron chi connectivity index (χ3n) is 6.07. The number of fused-ring (bicyclic) bond motifs is 1. The number of nitrogens with zero attached hydrogens (tertiary/aromatic N) is 3. The van der Waals surface area contributed by atoms with E-state index in [-0.39, 0.29) is 11.7 Å². The summed E-state index contributed by atoms with van der Waals surface area (Å²) in [5.41, 5.74) is 4.94. The molecule has 172 valence electrons. The first-order chi connectivity index (χ1) is 16.5. The molecule has 0 saturated carbocycles. The molecule has 0 radical (unpaired) electrons. The van der Waals surface area contributed by atoms with Crippen LogP contribution in [0.3, 0.4) is 0 Å². The highest BCUT2D eigenvalue weighted by molar-refractivity contribution is 6.00. The second kappa shape index (κ2) is 8.55. The van der Waals surface area contributed by atoms with E-state index >= 15 is 0 Å². The normalized spacial score (nSPS) is 14.9. The number of carbonyl (C=O) groups excluding carboxylic acids is 1. The molecule has 8 heteroatoms. The van der Waals surface area contributed by atoms with Gasteiger partial charge in [-0.15, -0.1) is 0 Å². The van der Waals surface area contributed by atoms with Crippen LogP contribution in [0.15, 0.2) is 60.9 Å². The van der Waals surface area contributed by atoms with Crippen molar-refractivity contribution in [3.8, 4) is 28.5 Å². The van der Waals surface area contributed by atoms with Crippen LogP contribution in [-0.2, 0) is 6.54 Å². The number of hydrogen-bond donors (Lipinski definition) is 2. The molecular weight excluding hydrogens is 432 g/mol. The predicted octanol–water partition coefficient (Wildman–Crippen LogP) is 4.25. The molecule has 0 spiro atoms. The summed E-state index contributed by atoms with van der Waals surface area (Å²) in [6.07, 6.45) is 3.45. The van der Waals surface area contributed by atoms with Crippen LogP contribution in [0.5, 0.6) is 17.2 Å². The molecule has 34 heavy (non-hydrogen) atoms. The fourth-order valence-electron chi connectivity index (χ4n) is 4.46. The van der Waals surface area contributed by atoms with Crippen LogP contribution in [0.25, 0.3) is 11.3 Å². The number of H-pyrrole nitrogens is 1. The lowest BCUT2D eigenvalue weighted by Crippen LogP contribution is -2.29. The van der Waals surface area contributed by atoms with Crippen molar-refractivity contribution in [3.05, 3.63) is 88.9 Å². The van der Waals surface area contributed by atoms with Crippen LogP contribution in [0.1, 0.15) is 38.8 Å². The van der Waals surface area contributed by atoms with Crippen LogP contribution in [0, 0.1) is 6.92 Å². The second-order valence-electron chi connectivity index (χ2n) is 8.19. The number of nitrogens with one attached hydrogen (secondary N) is 1. The lowest BCUT2D eigenvalue weighted by molar-refractivity contribution is 0.0729. The summed E-state index contributed by atoms with van der Waals surface area (Å²) in [6, 6.07) is 14.3. The summed E-state index contributed by atoms with van der Waals surface area (Å²) in [6.45, 7) is 2.30. The number of aromatic amines is 1. The van der Waals surface area contributed by atoms with Gasteiger partial charge in [0.2, 0.25) is 0 Å². The van der Waals surface area contributed by atoms with E-state index in [4.69, 9.17) is 9.47 Å². The van der Waals surface area contributed by atoms with Crippen LogP contribution < -0.4 is 9.47 Å². The van der Waals surface area contributed by atoms with E-state index < -0.39 is 6.04 Å². The van der Waals surface area contributed by atoms with E-state index in [0.29, 0.717) is 40.6 Å². The molecule has 1 aliphatic heterocycles. The number of methoxy groups -OCH3 is 2. The molecule has 0 aliphatic carbocycles. The third-order valence-corrected chi connectivity index (χ3v) is 6.07. The Labute approximate surface area is 196 Å². The molecule has 2 aromatic heterocycles. The number of aromatic hydroxyl groups is 1. The highest BCUT2D eigenvalue weighted by Gasteiger charge is 2.42. The summed E-state index contributed by atoms with van der Waals surface area (Å²) in [5.74, 6) is 1.08. The quantitative estimate of drug-likeness (QED) is 0.450. The van der Waals surface area contributed by atoms with Crippen molar-refractivity contribution in [2.75, 3.05) is 14.2 Å². The first kappa shape index (κ1) is 21.5. The number of ether oxygens (including phenoxy) is 2. The summed E-state index contributed by atoms with van der Waals surface area (Å²) < 4.78 is 10.9. The fraction of sp³-hybridized carbons (Fsp3) is 0.192. The van der Waals surface area contributed by atoms with Gasteiger partial charge in [0.05, 0.1) is 20.3 Å². The van der Waals surface area contributed by atoms with E-state index in [2.05, 4.69) is 15.2 Å². The molecule has 0 bridgehead atoms. The van der Waals surface area contributed by atoms with E-state index in [1.165, 1.54) is 0 Å². The van der Waals surface area contributed by atoms with Gasteiger partial charge in [0, 0.05) is 30.1 Å². The maximum absolute atomic E-state index is 13.6. The monoisotopic (exact) mass is 456 g/mol. The number of benzene rings is 2. The minimum Gasteiger partial charge on any atom is -0.507 e. The summed E-state index contributed by atoms with van der Waals surface area (Å²) >= 11 is 0. The first-order valence-electron chi connectivity index (χ1n) is 10.8. The van der Waals surface area contributed by atoms with Crippen molar-refractivity contribution >= 4 is 5.91 Å². The molecule has 1 amide bonds. The Balaban J connectivity index is 1.70. The average molecular weight is 457 g/mol. The molecule has 3 heterocycles. The molecular formula is C26H24N4O4. The Kier molecular flexibility index (Phi) is 5.41. The third kappa shape index (κ3) is 3.53. The molecule has 1 aliphatic rings. The zero-order valence-electron chi connectivity index (χ0n) is 19.1. The Morgan fingerprint density at radius 1 is 1.09 bits per heavy atom. The van der Waals surface area contributed by atoms with Gasteiger partial charge in [-0.1, -0.05) is 23.8 Å². The largest absolute Gasteiger partial charge is 0.507 e. The van der Waals surface area contributed by atoms with Gasteiger partial charge in [0.25, 0.3) is 5.91 Å². The maximum Gasteiger partial charge on any atom is 0.273 e. The van der Waals surface area contributed by atoms with Gasteiger partial charge in [-0.3, -0.25) is 14.9 Å². The zero-order chi connectivity index (χ0) is 23.8. The number of phenolic OH excluding ortho intramolecular Hbond substituents is 1. The van der Waals surface area contributed by atoms with Gasteiger partial charge in [-0.2, -0.15) is 5.10 Å². The Bertz CT molecular complexity index is 1370. The molecule has 1 atom stereocenters. The van der Waals surface area contributed by atoms with Crippen LogP contribution in [-0.4, -0.2) is 45.3 Å². The lowest BCUT2D eigenvalue weighted by Gasteiger charge is -2.27. The molecule has 2 aromatic carbocycles. The Hall–Kier alpha value is -4.33. The number of rotatable bonds is 6. The first-order valence-corrected chi connectivity index (χ1v) is 10.8. The predicted molar refractivity (Wildman–Crippen MR) is 126 cm³/mol. The maximum atomic E-state index is 13.6. The van der Waals surface area contributed by atoms with E-state index in [1.54, 1.807) is 37.6 Å². The number of carbonyl (C=O) groups is 1. The minimum absolute atomic E-state index is 0.101. The summed E-state index contributed by atoms with van der Waals surface area (Å²) in [5, 5.41) is 18.0. The lowest BCUT2D eigenvalue weighted by atomic mass is 9.94. The Morgan fingerprint density at radius 3 is 2.65 bits per heavy atom. The number of aromatic nitrogens is 3. The molecule has 0 unspecified atom stereocenters. The Morgan fingerprint density at radius 2 is 1.91 bits per heavy atom. The number of phenols is 1. The van der Waals surface area contributed by atoms with Crippen molar-refractivity contribution in [2.45, 2.75) is 19.5 Å². The highest BCUT2D eigenvalue weighted by atomic mass is 16.5. The molecule has 5 rings (SSSR count). The SMILES string of the molecule is COc1ccc([C@H]2c3c(-c4cc(C)ccc4O)n[nH]c3C(=O)N2Cc2cccnc2)cc1OC. The fourth-order valence-corrected chi connectivity index (χ4v) is 4.46. The van der Waals surface area contributed by atoms with E-state index in [0.717, 1.165) is 16.7 Å². The minimum atomic E-state index is -0.462. The van der Waals surface area contributed by atoms with Crippen molar-refractivity contribution < 1.29 is 19.4 Å². The topological polar surface area (TPSA) is 101 Å². The summed E-state index contributed by atoms with van der Waals surface area (Å²) in [7, 11) is 3.16. The van der Waals surface area contributed by atoms with Crippen LogP contribution in [0.2, 0.25) is 0 Å². The molecule has 4 aromatic rings. The van der Waals surface area contributed by atoms with Gasteiger partial charge in [-0.25, -0.2) is 0 Å². The van der Waals surface area contributed by atoms with Gasteiger partial charge in [-0.05, 0) is 48.4 Å². The average Bonchev–Trinajstić information content (AvgIpc) is 3.40.